The molecule has 4 nitrogen and oxygen atoms in total. The molecule has 1 aliphatic carbocycles. The van der Waals surface area contributed by atoms with Crippen molar-refractivity contribution in [3.8, 4) is 0 Å². The van der Waals surface area contributed by atoms with Gasteiger partial charge in [0.15, 0.2) is 5.60 Å². The van der Waals surface area contributed by atoms with Crippen LogP contribution in [0.3, 0.4) is 0 Å². The van der Waals surface area contributed by atoms with E-state index in [9.17, 15) is 22.8 Å². The van der Waals surface area contributed by atoms with E-state index in [-0.39, 0.29) is 5.69 Å². The van der Waals surface area contributed by atoms with Crippen molar-refractivity contribution < 1.29 is 27.5 Å². The van der Waals surface area contributed by atoms with Crippen molar-refractivity contribution in [1.29, 1.82) is 0 Å². The fourth-order valence-electron chi connectivity index (χ4n) is 3.81. The summed E-state index contributed by atoms with van der Waals surface area (Å²) >= 11 is 0. The topological polar surface area (TPSA) is 55.4 Å². The van der Waals surface area contributed by atoms with Crippen molar-refractivity contribution >= 4 is 17.6 Å². The van der Waals surface area contributed by atoms with Gasteiger partial charge in [-0.3, -0.25) is 9.59 Å². The first-order valence-electron chi connectivity index (χ1n) is 7.67. The van der Waals surface area contributed by atoms with Gasteiger partial charge < -0.3 is 10.1 Å². The fraction of sp³-hybridized carbons (Fsp3) is 0.529. The third-order valence-electron chi connectivity index (χ3n) is 5.93. The van der Waals surface area contributed by atoms with Gasteiger partial charge in [0, 0.05) is 5.41 Å². The molecule has 0 aromatic heterocycles. The van der Waals surface area contributed by atoms with Gasteiger partial charge in [-0.1, -0.05) is 26.0 Å². The number of alkyl halides is 3. The monoisotopic (exact) mass is 341 g/mol. The van der Waals surface area contributed by atoms with Crippen LogP contribution in [0.15, 0.2) is 24.3 Å². The van der Waals surface area contributed by atoms with Crippen molar-refractivity contribution in [2.45, 2.75) is 45.4 Å². The summed E-state index contributed by atoms with van der Waals surface area (Å²) < 4.78 is 44.7. The molecule has 24 heavy (non-hydrogen) atoms. The van der Waals surface area contributed by atoms with Crippen LogP contribution < -0.4 is 5.32 Å². The molecule has 1 saturated heterocycles. The minimum Gasteiger partial charge on any atom is -0.448 e. The van der Waals surface area contributed by atoms with Gasteiger partial charge in [-0.2, -0.15) is 13.2 Å². The minimum absolute atomic E-state index is 0.294. The maximum Gasteiger partial charge on any atom is 0.418 e. The number of amides is 1. The molecular formula is C17H18F3NO3. The number of benzene rings is 1. The molecule has 2 aliphatic rings. The largest absolute Gasteiger partial charge is 0.448 e. The van der Waals surface area contributed by atoms with E-state index in [4.69, 9.17) is 4.74 Å². The second-order valence-corrected chi connectivity index (χ2v) is 7.17. The Morgan fingerprint density at radius 2 is 1.79 bits per heavy atom. The molecule has 2 fully saturated rings. The zero-order chi connectivity index (χ0) is 18.0. The summed E-state index contributed by atoms with van der Waals surface area (Å²) in [6, 6.07) is 4.75. The molecule has 1 N–H and O–H groups in total. The molecule has 1 aromatic carbocycles. The first kappa shape index (κ1) is 16.8. The second kappa shape index (κ2) is 4.74. The van der Waals surface area contributed by atoms with Gasteiger partial charge in [0.25, 0.3) is 5.91 Å². The third kappa shape index (κ3) is 1.93. The Morgan fingerprint density at radius 1 is 1.17 bits per heavy atom. The molecule has 1 aliphatic heterocycles. The van der Waals surface area contributed by atoms with E-state index in [1.54, 1.807) is 20.8 Å². The van der Waals surface area contributed by atoms with Crippen molar-refractivity contribution in [3.05, 3.63) is 29.8 Å². The van der Waals surface area contributed by atoms with Crippen molar-refractivity contribution in [2.75, 3.05) is 5.32 Å². The predicted octanol–water partition coefficient (Wildman–Crippen LogP) is 3.77. The number of hydrogen-bond acceptors (Lipinski definition) is 3. The van der Waals surface area contributed by atoms with E-state index in [1.165, 1.54) is 18.2 Å². The summed E-state index contributed by atoms with van der Waals surface area (Å²) in [5.74, 6) is -1.18. The summed E-state index contributed by atoms with van der Waals surface area (Å²) in [4.78, 5) is 25.0. The molecular weight excluding hydrogens is 323 g/mol. The average Bonchev–Trinajstić information content (AvgIpc) is 2.77. The maximum atomic E-state index is 13.1. The van der Waals surface area contributed by atoms with Crippen LogP contribution >= 0.6 is 0 Å². The lowest BCUT2D eigenvalue weighted by atomic mass is 9.66. The van der Waals surface area contributed by atoms with E-state index >= 15 is 0 Å². The molecule has 1 amide bonds. The number of fused-ring (bicyclic) bond motifs is 2. The number of para-hydroxylation sites is 1. The Bertz CT molecular complexity index is 728. The van der Waals surface area contributed by atoms with Crippen LogP contribution in [-0.4, -0.2) is 17.5 Å². The number of anilines is 1. The molecule has 0 spiro atoms. The van der Waals surface area contributed by atoms with E-state index in [1.807, 2.05) is 0 Å². The van der Waals surface area contributed by atoms with Gasteiger partial charge in [0.1, 0.15) is 0 Å². The molecule has 130 valence electrons. The Labute approximate surface area is 137 Å². The number of carbonyl (C=O) groups excluding carboxylic acids is 2. The van der Waals surface area contributed by atoms with Gasteiger partial charge >= 0.3 is 12.1 Å². The minimum atomic E-state index is -4.59. The molecule has 7 heteroatoms. The number of halogens is 3. The van der Waals surface area contributed by atoms with Crippen LogP contribution in [0.5, 0.6) is 0 Å². The van der Waals surface area contributed by atoms with E-state index in [0.717, 1.165) is 6.07 Å². The summed E-state index contributed by atoms with van der Waals surface area (Å²) in [5, 5.41) is 2.33. The molecule has 2 atom stereocenters. The first-order chi connectivity index (χ1) is 11.0. The molecule has 1 saturated carbocycles. The highest BCUT2D eigenvalue weighted by Crippen LogP contribution is 2.65. The van der Waals surface area contributed by atoms with Crippen LogP contribution in [0, 0.1) is 10.8 Å². The van der Waals surface area contributed by atoms with Gasteiger partial charge in [-0.15, -0.1) is 0 Å². The lowest BCUT2D eigenvalue weighted by Gasteiger charge is -2.35. The van der Waals surface area contributed by atoms with Gasteiger partial charge in [0.2, 0.25) is 0 Å². The first-order valence-corrected chi connectivity index (χ1v) is 7.67. The molecule has 1 aromatic rings. The Kier molecular flexibility index (Phi) is 3.32. The lowest BCUT2D eigenvalue weighted by Crippen LogP contribution is -2.50. The highest BCUT2D eigenvalue weighted by atomic mass is 19.4. The number of hydrogen-bond donors (Lipinski definition) is 1. The Morgan fingerprint density at radius 3 is 2.29 bits per heavy atom. The van der Waals surface area contributed by atoms with Crippen LogP contribution in [0.25, 0.3) is 0 Å². The summed E-state index contributed by atoms with van der Waals surface area (Å²) in [6.45, 7) is 5.24. The van der Waals surface area contributed by atoms with Crippen molar-refractivity contribution in [3.63, 3.8) is 0 Å². The number of esters is 1. The summed E-state index contributed by atoms with van der Waals surface area (Å²) in [5.41, 5.74) is -4.34. The van der Waals surface area contributed by atoms with Gasteiger partial charge in [-0.05, 0) is 31.9 Å². The lowest BCUT2D eigenvalue weighted by molar-refractivity contribution is -0.166. The van der Waals surface area contributed by atoms with Gasteiger partial charge in [0.05, 0.1) is 16.7 Å². The fourth-order valence-corrected chi connectivity index (χ4v) is 3.81. The normalized spacial score (nSPS) is 31.0. The summed E-state index contributed by atoms with van der Waals surface area (Å²) in [7, 11) is 0. The van der Waals surface area contributed by atoms with Crippen LogP contribution in [0.4, 0.5) is 18.9 Å². The Balaban J connectivity index is 1.97. The smallest absolute Gasteiger partial charge is 0.418 e. The van der Waals surface area contributed by atoms with Crippen LogP contribution in [0.2, 0.25) is 0 Å². The van der Waals surface area contributed by atoms with E-state index in [0.29, 0.717) is 12.8 Å². The highest BCUT2D eigenvalue weighted by molar-refractivity contribution is 6.03. The number of nitrogens with one attached hydrogen (secondary N) is 1. The maximum absolute atomic E-state index is 13.1. The van der Waals surface area contributed by atoms with Crippen LogP contribution in [0.1, 0.15) is 39.2 Å². The van der Waals surface area contributed by atoms with E-state index in [2.05, 4.69) is 5.32 Å². The second-order valence-electron chi connectivity index (χ2n) is 7.17. The summed E-state index contributed by atoms with van der Waals surface area (Å²) in [6.07, 6.45) is -3.83. The predicted molar refractivity (Wildman–Crippen MR) is 80.0 cm³/mol. The van der Waals surface area contributed by atoms with Gasteiger partial charge in [-0.25, -0.2) is 0 Å². The zero-order valence-corrected chi connectivity index (χ0v) is 13.6. The number of ether oxygens (including phenoxy) is 1. The standard InChI is InChI=1S/C17H18F3NO3/c1-14(2)15(3)8-9-16(14,24-13(15)23)12(22)21-11-7-5-4-6-10(11)17(18,19)20/h4-7H,8-9H2,1-3H3,(H,21,22). The zero-order valence-electron chi connectivity index (χ0n) is 13.6. The van der Waals surface area contributed by atoms with Crippen molar-refractivity contribution in [1.82, 2.24) is 0 Å². The Hall–Kier alpha value is -2.05. The number of rotatable bonds is 2. The van der Waals surface area contributed by atoms with E-state index < -0.39 is 40.0 Å². The van der Waals surface area contributed by atoms with Crippen molar-refractivity contribution in [2.24, 2.45) is 10.8 Å². The molecule has 1 heterocycles. The molecule has 0 radical (unpaired) electrons. The highest BCUT2D eigenvalue weighted by Gasteiger charge is 2.75. The third-order valence-corrected chi connectivity index (χ3v) is 5.93. The molecule has 2 bridgehead atoms. The number of carbonyl (C=O) groups is 2. The average molecular weight is 341 g/mol. The molecule has 3 rings (SSSR count). The quantitative estimate of drug-likeness (QED) is 0.833. The SMILES string of the molecule is CC12CCC(C(=O)Nc3ccccc3C(F)(F)F)(OC1=O)C2(C)C. The molecule has 2 unspecified atom stereocenters. The van der Waals surface area contributed by atoms with Crippen LogP contribution in [-0.2, 0) is 20.5 Å².